The van der Waals surface area contributed by atoms with E-state index < -0.39 is 0 Å². The molecule has 0 aliphatic carbocycles. The number of aryl methyl sites for hydroxylation is 3. The first kappa shape index (κ1) is 12.5. The fourth-order valence-corrected chi connectivity index (χ4v) is 2.10. The molecule has 0 aliphatic heterocycles. The Morgan fingerprint density at radius 3 is 2.83 bits per heavy atom. The van der Waals surface area contributed by atoms with E-state index in [0.717, 1.165) is 35.6 Å². The van der Waals surface area contributed by atoms with Crippen LogP contribution in [0, 0.1) is 6.92 Å². The molecule has 96 valence electrons. The Morgan fingerprint density at radius 2 is 2.17 bits per heavy atom. The van der Waals surface area contributed by atoms with Crippen molar-refractivity contribution in [2.24, 2.45) is 7.05 Å². The van der Waals surface area contributed by atoms with Gasteiger partial charge in [-0.1, -0.05) is 6.92 Å². The molecule has 1 heterocycles. The first-order valence-corrected chi connectivity index (χ1v) is 6.21. The lowest BCUT2D eigenvalue weighted by atomic mass is 10.1. The fourth-order valence-electron chi connectivity index (χ4n) is 2.10. The number of nitrogens with zero attached hydrogens (tertiary/aromatic N) is 2. The lowest BCUT2D eigenvalue weighted by molar-refractivity contribution is 0.746. The van der Waals surface area contributed by atoms with Crippen molar-refractivity contribution in [2.45, 2.75) is 26.8 Å². The molecular weight excluding hydrogens is 224 g/mol. The molecule has 1 aromatic carbocycles. The van der Waals surface area contributed by atoms with E-state index in [-0.39, 0.29) is 0 Å². The van der Waals surface area contributed by atoms with Gasteiger partial charge < -0.3 is 11.1 Å². The van der Waals surface area contributed by atoms with Gasteiger partial charge in [-0.25, -0.2) is 0 Å². The van der Waals surface area contributed by atoms with Crippen LogP contribution in [-0.2, 0) is 20.0 Å². The van der Waals surface area contributed by atoms with E-state index in [1.165, 1.54) is 5.56 Å². The quantitative estimate of drug-likeness (QED) is 0.812. The maximum Gasteiger partial charge on any atom is 0.0671 e. The number of rotatable bonds is 4. The van der Waals surface area contributed by atoms with Gasteiger partial charge in [0.25, 0.3) is 0 Å². The normalized spacial score (nSPS) is 10.6. The van der Waals surface area contributed by atoms with Crippen LogP contribution in [0.15, 0.2) is 24.4 Å². The second kappa shape index (κ2) is 5.12. The minimum atomic E-state index is 0.793. The summed E-state index contributed by atoms with van der Waals surface area (Å²) < 4.78 is 1.87. The average Bonchev–Trinajstić information content (AvgIpc) is 2.68. The van der Waals surface area contributed by atoms with Gasteiger partial charge in [0.15, 0.2) is 0 Å². The van der Waals surface area contributed by atoms with Crippen molar-refractivity contribution in [1.29, 1.82) is 0 Å². The molecule has 2 aromatic rings. The van der Waals surface area contributed by atoms with Crippen LogP contribution in [0.1, 0.15) is 23.7 Å². The van der Waals surface area contributed by atoms with E-state index in [2.05, 4.69) is 30.5 Å². The molecule has 4 nitrogen and oxygen atoms in total. The molecule has 0 radical (unpaired) electrons. The summed E-state index contributed by atoms with van der Waals surface area (Å²) in [5.74, 6) is 0. The van der Waals surface area contributed by atoms with Crippen molar-refractivity contribution in [3.8, 4) is 0 Å². The maximum atomic E-state index is 5.74. The molecule has 0 saturated carbocycles. The van der Waals surface area contributed by atoms with Crippen molar-refractivity contribution in [1.82, 2.24) is 9.78 Å². The predicted octanol–water partition coefficient (Wildman–Crippen LogP) is 2.49. The zero-order valence-corrected chi connectivity index (χ0v) is 11.2. The second-order valence-corrected chi connectivity index (χ2v) is 4.56. The standard InChI is InChI=1S/C14H20N4/c1-4-13-11(9-18(3)17-13)8-16-14-6-5-12(15)7-10(14)2/h5-7,9,16H,4,8,15H2,1-3H3. The van der Waals surface area contributed by atoms with Crippen molar-refractivity contribution >= 4 is 11.4 Å². The molecular formula is C14H20N4. The first-order valence-electron chi connectivity index (χ1n) is 6.21. The van der Waals surface area contributed by atoms with Gasteiger partial charge in [-0.3, -0.25) is 4.68 Å². The van der Waals surface area contributed by atoms with Gasteiger partial charge in [-0.05, 0) is 37.1 Å². The number of hydrogen-bond donors (Lipinski definition) is 2. The van der Waals surface area contributed by atoms with Crippen molar-refractivity contribution in [3.63, 3.8) is 0 Å². The smallest absolute Gasteiger partial charge is 0.0671 e. The molecule has 4 heteroatoms. The van der Waals surface area contributed by atoms with Crippen LogP contribution in [0.2, 0.25) is 0 Å². The Bertz CT molecular complexity index is 543. The molecule has 18 heavy (non-hydrogen) atoms. The monoisotopic (exact) mass is 244 g/mol. The van der Waals surface area contributed by atoms with Crippen molar-refractivity contribution in [2.75, 3.05) is 11.1 Å². The highest BCUT2D eigenvalue weighted by Crippen LogP contribution is 2.19. The number of hydrogen-bond acceptors (Lipinski definition) is 3. The topological polar surface area (TPSA) is 55.9 Å². The van der Waals surface area contributed by atoms with Gasteiger partial charge in [0.1, 0.15) is 0 Å². The number of benzene rings is 1. The van der Waals surface area contributed by atoms with Crippen molar-refractivity contribution in [3.05, 3.63) is 41.2 Å². The van der Waals surface area contributed by atoms with E-state index in [9.17, 15) is 0 Å². The molecule has 0 amide bonds. The Kier molecular flexibility index (Phi) is 3.55. The van der Waals surface area contributed by atoms with Gasteiger partial charge in [0.05, 0.1) is 5.69 Å². The lowest BCUT2D eigenvalue weighted by Crippen LogP contribution is -2.02. The summed E-state index contributed by atoms with van der Waals surface area (Å²) in [6, 6.07) is 5.91. The lowest BCUT2D eigenvalue weighted by Gasteiger charge is -2.09. The zero-order chi connectivity index (χ0) is 13.1. The Hall–Kier alpha value is -1.97. The molecule has 3 N–H and O–H groups in total. The summed E-state index contributed by atoms with van der Waals surface area (Å²) in [4.78, 5) is 0. The number of nitrogens with one attached hydrogen (secondary N) is 1. The van der Waals surface area contributed by atoms with Crippen LogP contribution in [0.4, 0.5) is 11.4 Å². The maximum absolute atomic E-state index is 5.74. The van der Waals surface area contributed by atoms with Gasteiger partial charge in [0, 0.05) is 36.7 Å². The van der Waals surface area contributed by atoms with Gasteiger partial charge >= 0.3 is 0 Å². The third-order valence-electron chi connectivity index (χ3n) is 3.05. The van der Waals surface area contributed by atoms with E-state index in [1.54, 1.807) is 0 Å². The predicted molar refractivity (Wildman–Crippen MR) is 75.5 cm³/mol. The summed E-state index contributed by atoms with van der Waals surface area (Å²) in [6.45, 7) is 4.98. The van der Waals surface area contributed by atoms with Crippen LogP contribution >= 0.6 is 0 Å². The first-order chi connectivity index (χ1) is 8.60. The Balaban J connectivity index is 2.11. The van der Waals surface area contributed by atoms with Crippen LogP contribution in [-0.4, -0.2) is 9.78 Å². The fraction of sp³-hybridized carbons (Fsp3) is 0.357. The van der Waals surface area contributed by atoms with Crippen LogP contribution < -0.4 is 11.1 Å². The van der Waals surface area contributed by atoms with E-state index in [4.69, 9.17) is 5.73 Å². The Morgan fingerprint density at radius 1 is 1.39 bits per heavy atom. The van der Waals surface area contributed by atoms with Gasteiger partial charge in [-0.2, -0.15) is 5.10 Å². The minimum absolute atomic E-state index is 0.793. The molecule has 0 bridgehead atoms. The molecule has 0 aliphatic rings. The number of nitrogens with two attached hydrogens (primary N) is 1. The van der Waals surface area contributed by atoms with E-state index in [0.29, 0.717) is 0 Å². The highest BCUT2D eigenvalue weighted by atomic mass is 15.3. The SMILES string of the molecule is CCc1nn(C)cc1CNc1ccc(N)cc1C. The molecule has 0 saturated heterocycles. The average molecular weight is 244 g/mol. The van der Waals surface area contributed by atoms with Crippen LogP contribution in [0.3, 0.4) is 0 Å². The summed E-state index contributed by atoms with van der Waals surface area (Å²) >= 11 is 0. The molecule has 0 spiro atoms. The number of anilines is 2. The largest absolute Gasteiger partial charge is 0.399 e. The number of aromatic nitrogens is 2. The second-order valence-electron chi connectivity index (χ2n) is 4.56. The van der Waals surface area contributed by atoms with Crippen LogP contribution in [0.25, 0.3) is 0 Å². The molecule has 0 atom stereocenters. The van der Waals surface area contributed by atoms with Crippen molar-refractivity contribution < 1.29 is 0 Å². The molecule has 2 rings (SSSR count). The highest BCUT2D eigenvalue weighted by molar-refractivity contribution is 5.57. The third-order valence-corrected chi connectivity index (χ3v) is 3.05. The van der Waals surface area contributed by atoms with Crippen LogP contribution in [0.5, 0.6) is 0 Å². The van der Waals surface area contributed by atoms with Gasteiger partial charge in [0.2, 0.25) is 0 Å². The molecule has 1 aromatic heterocycles. The third kappa shape index (κ3) is 2.64. The summed E-state index contributed by atoms with van der Waals surface area (Å²) in [5, 5.41) is 7.87. The summed E-state index contributed by atoms with van der Waals surface area (Å²) in [7, 11) is 1.96. The van der Waals surface area contributed by atoms with E-state index in [1.807, 2.05) is 29.9 Å². The zero-order valence-electron chi connectivity index (χ0n) is 11.2. The van der Waals surface area contributed by atoms with Gasteiger partial charge in [-0.15, -0.1) is 0 Å². The highest BCUT2D eigenvalue weighted by Gasteiger charge is 2.06. The molecule has 0 unspecified atom stereocenters. The van der Waals surface area contributed by atoms with E-state index >= 15 is 0 Å². The number of nitrogen functional groups attached to an aromatic ring is 1. The molecule has 0 fully saturated rings. The Labute approximate surface area is 108 Å². The summed E-state index contributed by atoms with van der Waals surface area (Å²) in [5.41, 5.74) is 11.2. The summed E-state index contributed by atoms with van der Waals surface area (Å²) in [6.07, 6.45) is 3.02. The minimum Gasteiger partial charge on any atom is -0.399 e.